The largest absolute Gasteiger partial charge is 0.491 e. The van der Waals surface area contributed by atoms with Crippen LogP contribution in [-0.4, -0.2) is 48.5 Å². The van der Waals surface area contributed by atoms with Gasteiger partial charge in [0.2, 0.25) is 0 Å². The minimum atomic E-state index is -0.0111. The summed E-state index contributed by atoms with van der Waals surface area (Å²) in [5.41, 5.74) is 5.26. The van der Waals surface area contributed by atoms with Gasteiger partial charge in [-0.15, -0.1) is 0 Å². The van der Waals surface area contributed by atoms with Gasteiger partial charge in [-0.3, -0.25) is 9.89 Å². The van der Waals surface area contributed by atoms with Crippen molar-refractivity contribution < 1.29 is 19.0 Å². The van der Waals surface area contributed by atoms with Gasteiger partial charge < -0.3 is 19.1 Å². The van der Waals surface area contributed by atoms with E-state index in [1.165, 1.54) is 0 Å². The Bertz CT molecular complexity index is 1030. The fraction of sp³-hybridized carbons (Fsp3) is 0.286. The van der Waals surface area contributed by atoms with E-state index in [-0.39, 0.29) is 5.91 Å². The summed E-state index contributed by atoms with van der Waals surface area (Å²) in [5.74, 6) is 0.961. The first kappa shape index (κ1) is 18.9. The van der Waals surface area contributed by atoms with Gasteiger partial charge in [0.15, 0.2) is 5.75 Å². The van der Waals surface area contributed by atoms with Crippen molar-refractivity contribution in [3.8, 4) is 22.8 Å². The minimum Gasteiger partial charge on any atom is -0.491 e. The molecule has 4 rings (SSSR count). The summed E-state index contributed by atoms with van der Waals surface area (Å²) in [6.45, 7) is 3.32. The average molecular weight is 394 g/mol. The van der Waals surface area contributed by atoms with Gasteiger partial charge in [-0.25, -0.2) is 4.98 Å². The summed E-state index contributed by atoms with van der Waals surface area (Å²) in [4.78, 5) is 19.0. The molecule has 1 aliphatic heterocycles. The lowest BCUT2D eigenvalue weighted by molar-refractivity contribution is 0.0996. The summed E-state index contributed by atoms with van der Waals surface area (Å²) in [6, 6.07) is 5.92. The van der Waals surface area contributed by atoms with Crippen LogP contribution in [0.4, 0.5) is 5.69 Å². The molecule has 0 spiro atoms. The fourth-order valence-electron chi connectivity index (χ4n) is 3.50. The third-order valence-corrected chi connectivity index (χ3v) is 4.90. The Balaban J connectivity index is 1.65. The number of carbonyl (C=O) groups is 1. The van der Waals surface area contributed by atoms with Crippen LogP contribution < -0.4 is 14.4 Å². The maximum absolute atomic E-state index is 12.9. The second-order valence-electron chi connectivity index (χ2n) is 6.75. The number of fused-ring (bicyclic) bond motifs is 1. The number of anilines is 1. The van der Waals surface area contributed by atoms with Gasteiger partial charge in [-0.1, -0.05) is 6.07 Å². The summed E-state index contributed by atoms with van der Waals surface area (Å²) in [6.07, 6.45) is 5.12. The van der Waals surface area contributed by atoms with Crippen LogP contribution in [0.2, 0.25) is 0 Å². The first-order chi connectivity index (χ1) is 14.1. The maximum Gasteiger partial charge on any atom is 0.259 e. The number of H-pyrrole nitrogens is 1. The number of carbonyl (C=O) groups excluding carboxylic acids is 1. The highest BCUT2D eigenvalue weighted by atomic mass is 16.5. The number of rotatable bonds is 7. The number of benzene rings is 1. The van der Waals surface area contributed by atoms with E-state index in [1.807, 2.05) is 25.1 Å². The molecule has 1 N–H and O–H groups in total. The molecule has 0 aliphatic carbocycles. The van der Waals surface area contributed by atoms with E-state index in [9.17, 15) is 4.79 Å². The number of methoxy groups -OCH3 is 2. The van der Waals surface area contributed by atoms with E-state index in [2.05, 4.69) is 15.2 Å². The zero-order chi connectivity index (χ0) is 20.4. The van der Waals surface area contributed by atoms with E-state index in [0.717, 1.165) is 33.5 Å². The molecule has 0 saturated heterocycles. The van der Waals surface area contributed by atoms with E-state index in [1.54, 1.807) is 37.7 Å². The van der Waals surface area contributed by atoms with E-state index < -0.39 is 0 Å². The van der Waals surface area contributed by atoms with Crippen molar-refractivity contribution in [3.63, 3.8) is 0 Å². The van der Waals surface area contributed by atoms with Crippen LogP contribution in [0.5, 0.6) is 11.6 Å². The first-order valence-electron chi connectivity index (χ1n) is 9.22. The molecule has 1 amide bonds. The molecule has 0 bridgehead atoms. The van der Waals surface area contributed by atoms with Crippen molar-refractivity contribution in [1.29, 1.82) is 0 Å². The number of hydrogen-bond donors (Lipinski definition) is 1. The molecule has 3 aromatic rings. The van der Waals surface area contributed by atoms with Crippen LogP contribution in [0.25, 0.3) is 11.1 Å². The van der Waals surface area contributed by atoms with E-state index in [0.29, 0.717) is 31.4 Å². The molecule has 8 nitrogen and oxygen atoms in total. The first-order valence-corrected chi connectivity index (χ1v) is 9.22. The van der Waals surface area contributed by atoms with Gasteiger partial charge in [-0.05, 0) is 35.7 Å². The van der Waals surface area contributed by atoms with Crippen LogP contribution in [0, 0.1) is 6.92 Å². The van der Waals surface area contributed by atoms with Crippen LogP contribution in [0.1, 0.15) is 21.5 Å². The molecule has 29 heavy (non-hydrogen) atoms. The Morgan fingerprint density at radius 2 is 2.00 bits per heavy atom. The highest BCUT2D eigenvalue weighted by molar-refractivity contribution is 6.11. The molecule has 8 heteroatoms. The standard InChI is InChI=1S/C21H22N4O4/c1-13-6-14(15-8-18(28-3)20(22-9-15)29-5-4-27-2)7-16-12-25(21(26)19(13)16)17-10-23-24-11-17/h6-11H,4-5,12H2,1-3H3,(H,23,24). The van der Waals surface area contributed by atoms with Gasteiger partial charge in [0.05, 0.1) is 32.1 Å². The monoisotopic (exact) mass is 394 g/mol. The number of ether oxygens (including phenoxy) is 3. The Labute approximate surface area is 168 Å². The Kier molecular flexibility index (Phi) is 5.18. The number of aromatic amines is 1. The van der Waals surface area contributed by atoms with Crippen molar-refractivity contribution in [2.75, 3.05) is 32.3 Å². The molecular weight excluding hydrogens is 372 g/mol. The smallest absolute Gasteiger partial charge is 0.259 e. The maximum atomic E-state index is 12.9. The van der Waals surface area contributed by atoms with Crippen LogP contribution >= 0.6 is 0 Å². The van der Waals surface area contributed by atoms with Gasteiger partial charge in [0.1, 0.15) is 6.61 Å². The third-order valence-electron chi connectivity index (χ3n) is 4.90. The highest BCUT2D eigenvalue weighted by Gasteiger charge is 2.31. The molecule has 1 aliphatic rings. The molecule has 0 fully saturated rings. The third kappa shape index (κ3) is 3.54. The quantitative estimate of drug-likeness (QED) is 0.620. The number of pyridine rings is 1. The molecule has 0 atom stereocenters. The molecule has 1 aromatic carbocycles. The van der Waals surface area contributed by atoms with Crippen LogP contribution in [0.15, 0.2) is 36.8 Å². The van der Waals surface area contributed by atoms with Crippen molar-refractivity contribution >= 4 is 11.6 Å². The van der Waals surface area contributed by atoms with E-state index >= 15 is 0 Å². The number of amides is 1. The number of nitrogens with zero attached hydrogens (tertiary/aromatic N) is 3. The molecule has 3 heterocycles. The zero-order valence-corrected chi connectivity index (χ0v) is 16.6. The summed E-state index contributed by atoms with van der Waals surface area (Å²) >= 11 is 0. The zero-order valence-electron chi connectivity index (χ0n) is 16.6. The Hall–Kier alpha value is -3.39. The molecular formula is C21H22N4O4. The van der Waals surface area contributed by atoms with Crippen LogP contribution in [0.3, 0.4) is 0 Å². The van der Waals surface area contributed by atoms with Gasteiger partial charge in [0, 0.05) is 30.6 Å². The molecule has 0 unspecified atom stereocenters. The summed E-state index contributed by atoms with van der Waals surface area (Å²) in [5, 5.41) is 6.70. The van der Waals surface area contributed by atoms with Crippen molar-refractivity contribution in [2.45, 2.75) is 13.5 Å². The van der Waals surface area contributed by atoms with Gasteiger partial charge in [0.25, 0.3) is 11.8 Å². The minimum absolute atomic E-state index is 0.0111. The van der Waals surface area contributed by atoms with Crippen molar-refractivity contribution in [2.24, 2.45) is 0 Å². The second-order valence-corrected chi connectivity index (χ2v) is 6.75. The molecule has 0 saturated carbocycles. The van der Waals surface area contributed by atoms with Crippen molar-refractivity contribution in [3.05, 3.63) is 53.5 Å². The highest BCUT2D eigenvalue weighted by Crippen LogP contribution is 2.35. The lowest BCUT2D eigenvalue weighted by atomic mass is 9.97. The molecule has 0 radical (unpaired) electrons. The van der Waals surface area contributed by atoms with Crippen LogP contribution in [-0.2, 0) is 11.3 Å². The number of aromatic nitrogens is 3. The predicted molar refractivity (Wildman–Crippen MR) is 107 cm³/mol. The van der Waals surface area contributed by atoms with E-state index in [4.69, 9.17) is 14.2 Å². The topological polar surface area (TPSA) is 89.6 Å². The normalized spacial score (nSPS) is 12.9. The van der Waals surface area contributed by atoms with Gasteiger partial charge >= 0.3 is 0 Å². The fourth-order valence-corrected chi connectivity index (χ4v) is 3.50. The van der Waals surface area contributed by atoms with Gasteiger partial charge in [-0.2, -0.15) is 5.10 Å². The molecule has 150 valence electrons. The number of hydrogen-bond acceptors (Lipinski definition) is 6. The summed E-state index contributed by atoms with van der Waals surface area (Å²) < 4.78 is 16.0. The predicted octanol–water partition coefficient (Wildman–Crippen LogP) is 2.97. The number of nitrogens with one attached hydrogen (secondary N) is 1. The lowest BCUT2D eigenvalue weighted by Crippen LogP contribution is -2.22. The Morgan fingerprint density at radius 1 is 1.14 bits per heavy atom. The SMILES string of the molecule is COCCOc1ncc(-c2cc(C)c3c(c2)CN(c2cn[nH]c2)C3=O)cc1OC. The average Bonchev–Trinajstić information content (AvgIpc) is 3.36. The number of aryl methyl sites for hydroxylation is 1. The molecule has 2 aromatic heterocycles. The lowest BCUT2D eigenvalue weighted by Gasteiger charge is -2.12. The second kappa shape index (κ2) is 7.92. The summed E-state index contributed by atoms with van der Waals surface area (Å²) in [7, 11) is 3.20. The Morgan fingerprint density at radius 3 is 2.72 bits per heavy atom. The van der Waals surface area contributed by atoms with Crippen molar-refractivity contribution in [1.82, 2.24) is 15.2 Å².